The maximum absolute atomic E-state index is 13.2. The second-order valence-corrected chi connectivity index (χ2v) is 6.60. The molecule has 1 spiro atoms. The van der Waals surface area contributed by atoms with Crippen LogP contribution in [0, 0.1) is 0 Å². The zero-order valence-corrected chi connectivity index (χ0v) is 14.7. The number of nitrogens with zero attached hydrogens (tertiary/aromatic N) is 2. The zero-order chi connectivity index (χ0) is 18.3. The summed E-state index contributed by atoms with van der Waals surface area (Å²) in [4.78, 5) is 28.4. The largest absolute Gasteiger partial charge is 0.414 e. The lowest BCUT2D eigenvalue weighted by molar-refractivity contribution is -0.249. The minimum Gasteiger partial charge on any atom is -0.395 e. The SMILES string of the molecule is CC1N(C)C(=O)OC12OC(c1ccccc1)C(=O)N2Cc1ccccc1. The molecule has 2 aliphatic rings. The van der Waals surface area contributed by atoms with Crippen LogP contribution in [0.4, 0.5) is 4.79 Å². The number of hydrogen-bond acceptors (Lipinski definition) is 4. The summed E-state index contributed by atoms with van der Waals surface area (Å²) < 4.78 is 11.7. The summed E-state index contributed by atoms with van der Waals surface area (Å²) in [6, 6.07) is 18.4. The van der Waals surface area contributed by atoms with E-state index in [1.54, 1.807) is 7.05 Å². The second kappa shape index (κ2) is 6.14. The number of hydrogen-bond donors (Lipinski definition) is 0. The molecule has 6 heteroatoms. The van der Waals surface area contributed by atoms with Gasteiger partial charge in [0.25, 0.3) is 5.91 Å². The molecular formula is C20H20N2O4. The summed E-state index contributed by atoms with van der Waals surface area (Å²) in [5.74, 6) is -1.64. The van der Waals surface area contributed by atoms with Crippen molar-refractivity contribution >= 4 is 12.0 Å². The summed E-state index contributed by atoms with van der Waals surface area (Å²) in [7, 11) is 1.64. The molecule has 2 aromatic carbocycles. The van der Waals surface area contributed by atoms with Crippen molar-refractivity contribution < 1.29 is 19.1 Å². The first-order valence-corrected chi connectivity index (χ1v) is 8.57. The van der Waals surface area contributed by atoms with Gasteiger partial charge in [-0.2, -0.15) is 0 Å². The molecule has 2 saturated heterocycles. The van der Waals surface area contributed by atoms with Crippen LogP contribution in [0.3, 0.4) is 0 Å². The number of amides is 2. The van der Waals surface area contributed by atoms with Crippen LogP contribution in [0.2, 0.25) is 0 Å². The smallest absolute Gasteiger partial charge is 0.395 e. The molecule has 2 amide bonds. The fraction of sp³-hybridized carbons (Fsp3) is 0.300. The van der Waals surface area contributed by atoms with Gasteiger partial charge in [-0.15, -0.1) is 0 Å². The molecule has 3 atom stereocenters. The van der Waals surface area contributed by atoms with Crippen LogP contribution >= 0.6 is 0 Å². The first-order chi connectivity index (χ1) is 12.5. The zero-order valence-electron chi connectivity index (χ0n) is 14.7. The number of carbonyl (C=O) groups excluding carboxylic acids is 2. The molecule has 134 valence electrons. The topological polar surface area (TPSA) is 59.1 Å². The Morgan fingerprint density at radius 2 is 1.62 bits per heavy atom. The molecule has 0 bridgehead atoms. The minimum absolute atomic E-state index is 0.213. The normalized spacial score (nSPS) is 28.1. The summed E-state index contributed by atoms with van der Waals surface area (Å²) in [6.07, 6.45) is -1.31. The van der Waals surface area contributed by atoms with E-state index in [9.17, 15) is 9.59 Å². The molecule has 0 aromatic heterocycles. The molecule has 0 radical (unpaired) electrons. The monoisotopic (exact) mass is 352 g/mol. The Balaban J connectivity index is 1.75. The molecule has 3 unspecified atom stereocenters. The molecule has 4 rings (SSSR count). The van der Waals surface area contributed by atoms with Crippen molar-refractivity contribution in [2.75, 3.05) is 7.05 Å². The van der Waals surface area contributed by atoms with Gasteiger partial charge in [0.05, 0.1) is 6.54 Å². The maximum atomic E-state index is 13.2. The first-order valence-electron chi connectivity index (χ1n) is 8.57. The van der Waals surface area contributed by atoms with Gasteiger partial charge in [-0.1, -0.05) is 60.7 Å². The van der Waals surface area contributed by atoms with Gasteiger partial charge in [-0.3, -0.25) is 14.6 Å². The molecule has 2 aliphatic heterocycles. The van der Waals surface area contributed by atoms with Crippen molar-refractivity contribution in [3.8, 4) is 0 Å². The molecule has 26 heavy (non-hydrogen) atoms. The van der Waals surface area contributed by atoms with Crippen LogP contribution in [0.15, 0.2) is 60.7 Å². The summed E-state index contributed by atoms with van der Waals surface area (Å²) in [5, 5.41) is 0. The van der Waals surface area contributed by atoms with Crippen LogP contribution in [0.1, 0.15) is 24.2 Å². The van der Waals surface area contributed by atoms with Gasteiger partial charge in [-0.25, -0.2) is 4.79 Å². The molecule has 0 aliphatic carbocycles. The fourth-order valence-electron chi connectivity index (χ4n) is 3.46. The lowest BCUT2D eigenvalue weighted by Gasteiger charge is -2.34. The lowest BCUT2D eigenvalue weighted by atomic mass is 10.1. The Kier molecular flexibility index (Phi) is 3.92. The van der Waals surface area contributed by atoms with E-state index in [1.807, 2.05) is 67.6 Å². The van der Waals surface area contributed by atoms with E-state index in [0.717, 1.165) is 11.1 Å². The van der Waals surface area contributed by atoms with E-state index >= 15 is 0 Å². The summed E-state index contributed by atoms with van der Waals surface area (Å²) >= 11 is 0. The van der Waals surface area contributed by atoms with Gasteiger partial charge in [0.1, 0.15) is 6.04 Å². The Morgan fingerprint density at radius 3 is 2.19 bits per heavy atom. The highest BCUT2D eigenvalue weighted by atomic mass is 16.8. The summed E-state index contributed by atoms with van der Waals surface area (Å²) in [6.45, 7) is 2.12. The summed E-state index contributed by atoms with van der Waals surface area (Å²) in [5.41, 5.74) is 1.68. The fourth-order valence-corrected chi connectivity index (χ4v) is 3.46. The first kappa shape index (κ1) is 16.6. The highest BCUT2D eigenvalue weighted by Gasteiger charge is 2.64. The van der Waals surface area contributed by atoms with Crippen molar-refractivity contribution in [2.45, 2.75) is 31.5 Å². The molecule has 6 nitrogen and oxygen atoms in total. The van der Waals surface area contributed by atoms with Gasteiger partial charge >= 0.3 is 12.0 Å². The molecule has 2 aromatic rings. The number of benzene rings is 2. The van der Waals surface area contributed by atoms with Crippen molar-refractivity contribution in [3.63, 3.8) is 0 Å². The van der Waals surface area contributed by atoms with Crippen molar-refractivity contribution in [3.05, 3.63) is 71.8 Å². The van der Waals surface area contributed by atoms with Crippen LogP contribution in [0.25, 0.3) is 0 Å². The van der Waals surface area contributed by atoms with E-state index < -0.39 is 24.2 Å². The van der Waals surface area contributed by atoms with Crippen LogP contribution < -0.4 is 0 Å². The third-order valence-corrected chi connectivity index (χ3v) is 5.07. The van der Waals surface area contributed by atoms with Crippen molar-refractivity contribution in [2.24, 2.45) is 0 Å². The van der Waals surface area contributed by atoms with E-state index in [0.29, 0.717) is 6.54 Å². The molecular weight excluding hydrogens is 332 g/mol. The minimum atomic E-state index is -1.43. The highest BCUT2D eigenvalue weighted by Crippen LogP contribution is 2.45. The maximum Gasteiger partial charge on any atom is 0.414 e. The number of carbonyl (C=O) groups is 2. The molecule has 0 N–H and O–H groups in total. The lowest BCUT2D eigenvalue weighted by Crippen LogP contribution is -2.54. The van der Waals surface area contributed by atoms with Gasteiger partial charge in [0.15, 0.2) is 6.10 Å². The highest BCUT2D eigenvalue weighted by molar-refractivity contribution is 5.86. The van der Waals surface area contributed by atoms with Crippen molar-refractivity contribution in [1.82, 2.24) is 9.80 Å². The molecule has 0 saturated carbocycles. The average Bonchev–Trinajstić information content (AvgIpc) is 3.06. The predicted molar refractivity (Wildman–Crippen MR) is 93.7 cm³/mol. The number of likely N-dealkylation sites (N-methyl/N-ethyl adjacent to an activating group) is 1. The van der Waals surface area contributed by atoms with Crippen LogP contribution in [-0.2, 0) is 20.8 Å². The van der Waals surface area contributed by atoms with Gasteiger partial charge in [-0.05, 0) is 18.1 Å². The van der Waals surface area contributed by atoms with E-state index in [1.165, 1.54) is 9.80 Å². The third-order valence-electron chi connectivity index (χ3n) is 5.07. The van der Waals surface area contributed by atoms with E-state index in [-0.39, 0.29) is 5.91 Å². The van der Waals surface area contributed by atoms with Gasteiger partial charge in [0, 0.05) is 7.05 Å². The van der Waals surface area contributed by atoms with Crippen LogP contribution in [-0.4, -0.2) is 40.8 Å². The molecule has 2 fully saturated rings. The Morgan fingerprint density at radius 1 is 1.00 bits per heavy atom. The number of rotatable bonds is 3. The number of ether oxygens (including phenoxy) is 2. The van der Waals surface area contributed by atoms with E-state index in [2.05, 4.69) is 0 Å². The van der Waals surface area contributed by atoms with E-state index in [4.69, 9.17) is 9.47 Å². The van der Waals surface area contributed by atoms with Gasteiger partial charge < -0.3 is 9.47 Å². The Bertz CT molecular complexity index is 826. The van der Waals surface area contributed by atoms with Crippen molar-refractivity contribution in [1.29, 1.82) is 0 Å². The Labute approximate surface area is 151 Å². The average molecular weight is 352 g/mol. The molecule has 2 heterocycles. The third kappa shape index (κ3) is 2.45. The van der Waals surface area contributed by atoms with Crippen LogP contribution in [0.5, 0.6) is 0 Å². The van der Waals surface area contributed by atoms with Gasteiger partial charge in [0.2, 0.25) is 0 Å². The quantitative estimate of drug-likeness (QED) is 0.852. The predicted octanol–water partition coefficient (Wildman–Crippen LogP) is 2.91. The standard InChI is InChI=1S/C20H20N2O4/c1-14-20(26-19(24)21(14)2)22(13-15-9-5-3-6-10-15)18(23)17(25-20)16-11-7-4-8-12-16/h3-12,14,17H,13H2,1-2H3. The Hall–Kier alpha value is -2.86. The second-order valence-electron chi connectivity index (χ2n) is 6.60.